The molecule has 2 aromatic heterocycles. The van der Waals surface area contributed by atoms with E-state index in [-0.39, 0.29) is 11.0 Å². The van der Waals surface area contributed by atoms with Crippen LogP contribution in [0.3, 0.4) is 0 Å². The van der Waals surface area contributed by atoms with Crippen molar-refractivity contribution >= 4 is 22.6 Å². The molecule has 6 heteroatoms. The number of aryl methyl sites for hydroxylation is 2. The number of fused-ring (bicyclic) bond motifs is 1. The smallest absolute Gasteiger partial charge is 0.261 e. The van der Waals surface area contributed by atoms with Gasteiger partial charge in [0, 0.05) is 24.1 Å². The minimum absolute atomic E-state index is 0.0874. The van der Waals surface area contributed by atoms with Gasteiger partial charge in [0.2, 0.25) is 5.43 Å². The summed E-state index contributed by atoms with van der Waals surface area (Å²) in [7, 11) is 0. The van der Waals surface area contributed by atoms with Crippen molar-refractivity contribution in [1.82, 2.24) is 9.55 Å². The molecule has 0 bridgehead atoms. The molecule has 31 heavy (non-hydrogen) atoms. The molecule has 1 N–H and O–H groups in total. The van der Waals surface area contributed by atoms with E-state index in [0.717, 1.165) is 11.3 Å². The highest BCUT2D eigenvalue weighted by Crippen LogP contribution is 2.18. The van der Waals surface area contributed by atoms with Gasteiger partial charge in [0.15, 0.2) is 0 Å². The summed E-state index contributed by atoms with van der Waals surface area (Å²) in [6.07, 6.45) is 1.57. The van der Waals surface area contributed by atoms with Crippen LogP contribution in [0.25, 0.3) is 11.0 Å². The lowest BCUT2D eigenvalue weighted by Crippen LogP contribution is -2.24. The number of amides is 1. The van der Waals surface area contributed by atoms with Gasteiger partial charge in [0.25, 0.3) is 5.91 Å². The Morgan fingerprint density at radius 2 is 1.77 bits per heavy atom. The van der Waals surface area contributed by atoms with Crippen molar-refractivity contribution in [3.63, 3.8) is 0 Å². The molecular weight excluding hydrogens is 390 g/mol. The molecule has 4 rings (SSSR count). The van der Waals surface area contributed by atoms with Gasteiger partial charge in [-0.1, -0.05) is 30.3 Å². The lowest BCUT2D eigenvalue weighted by Gasteiger charge is -2.12. The second-order valence-electron chi connectivity index (χ2n) is 7.23. The van der Waals surface area contributed by atoms with Crippen molar-refractivity contribution in [3.8, 4) is 5.75 Å². The number of anilines is 1. The highest BCUT2D eigenvalue weighted by atomic mass is 16.5. The normalized spacial score (nSPS) is 10.8. The number of carbonyl (C=O) groups excluding carboxylic acids is 1. The lowest BCUT2D eigenvalue weighted by molar-refractivity contribution is 0.102. The van der Waals surface area contributed by atoms with Crippen molar-refractivity contribution in [2.75, 3.05) is 5.32 Å². The maximum absolute atomic E-state index is 12.9. The van der Waals surface area contributed by atoms with Gasteiger partial charge in [-0.25, -0.2) is 4.98 Å². The summed E-state index contributed by atoms with van der Waals surface area (Å²) in [5, 5.41) is 3.23. The zero-order valence-electron chi connectivity index (χ0n) is 17.5. The third-order valence-corrected chi connectivity index (χ3v) is 5.01. The van der Waals surface area contributed by atoms with Crippen LogP contribution in [0.2, 0.25) is 0 Å². The molecule has 0 radical (unpaired) electrons. The zero-order chi connectivity index (χ0) is 21.8. The molecule has 0 atom stereocenters. The summed E-state index contributed by atoms with van der Waals surface area (Å²) in [6.45, 7) is 4.89. The van der Waals surface area contributed by atoms with Crippen LogP contribution in [0.5, 0.6) is 5.75 Å². The molecule has 2 aromatic carbocycles. The summed E-state index contributed by atoms with van der Waals surface area (Å²) in [6, 6.07) is 20.5. The van der Waals surface area contributed by atoms with E-state index < -0.39 is 5.91 Å². The number of pyridine rings is 2. The molecule has 0 spiro atoms. The number of rotatable bonds is 6. The zero-order valence-corrected chi connectivity index (χ0v) is 17.5. The molecule has 0 unspecified atom stereocenters. The summed E-state index contributed by atoms with van der Waals surface area (Å²) < 4.78 is 7.59. The van der Waals surface area contributed by atoms with Gasteiger partial charge < -0.3 is 14.6 Å². The first-order valence-corrected chi connectivity index (χ1v) is 10.1. The van der Waals surface area contributed by atoms with Crippen molar-refractivity contribution in [2.45, 2.75) is 27.0 Å². The molecule has 4 aromatic rings. The number of nitrogens with zero attached hydrogens (tertiary/aromatic N) is 2. The fourth-order valence-corrected chi connectivity index (χ4v) is 3.34. The molecule has 1 amide bonds. The van der Waals surface area contributed by atoms with E-state index in [1.165, 1.54) is 0 Å². The van der Waals surface area contributed by atoms with Crippen molar-refractivity contribution < 1.29 is 9.53 Å². The van der Waals surface area contributed by atoms with Gasteiger partial charge in [-0.15, -0.1) is 0 Å². The Bertz CT molecular complexity index is 1280. The largest absolute Gasteiger partial charge is 0.489 e. The molecule has 0 aliphatic carbocycles. The number of aromatic nitrogens is 2. The fraction of sp³-hybridized carbons (Fsp3) is 0.160. The predicted octanol–water partition coefficient (Wildman–Crippen LogP) is 4.56. The second kappa shape index (κ2) is 8.83. The van der Waals surface area contributed by atoms with Crippen LogP contribution in [0, 0.1) is 6.92 Å². The topological polar surface area (TPSA) is 73.2 Å². The van der Waals surface area contributed by atoms with E-state index in [2.05, 4.69) is 10.3 Å². The van der Waals surface area contributed by atoms with Crippen LogP contribution in [-0.4, -0.2) is 15.5 Å². The van der Waals surface area contributed by atoms with Gasteiger partial charge in [-0.3, -0.25) is 9.59 Å². The monoisotopic (exact) mass is 413 g/mol. The Morgan fingerprint density at radius 3 is 2.48 bits per heavy atom. The van der Waals surface area contributed by atoms with Crippen LogP contribution < -0.4 is 15.5 Å². The van der Waals surface area contributed by atoms with Gasteiger partial charge in [-0.05, 0) is 55.8 Å². The van der Waals surface area contributed by atoms with E-state index in [1.807, 2.05) is 48.7 Å². The average Bonchev–Trinajstić information content (AvgIpc) is 2.79. The summed E-state index contributed by atoms with van der Waals surface area (Å²) in [5.41, 5.74) is 2.83. The predicted molar refractivity (Wildman–Crippen MR) is 122 cm³/mol. The first-order valence-electron chi connectivity index (χ1n) is 10.1. The lowest BCUT2D eigenvalue weighted by atomic mass is 10.1. The Hall–Kier alpha value is -3.93. The van der Waals surface area contributed by atoms with Crippen molar-refractivity contribution in [1.29, 1.82) is 0 Å². The first kappa shape index (κ1) is 20.3. The molecule has 0 aliphatic heterocycles. The third kappa shape index (κ3) is 4.48. The maximum atomic E-state index is 12.9. The number of nitrogens with one attached hydrogen (secondary N) is 1. The van der Waals surface area contributed by atoms with Crippen LogP contribution in [0.15, 0.2) is 77.7 Å². The van der Waals surface area contributed by atoms with Gasteiger partial charge in [0.1, 0.15) is 23.6 Å². The van der Waals surface area contributed by atoms with Gasteiger partial charge >= 0.3 is 0 Å². The number of carbonyl (C=O) groups is 1. The van der Waals surface area contributed by atoms with Crippen LogP contribution in [0.4, 0.5) is 5.69 Å². The van der Waals surface area contributed by atoms with Crippen molar-refractivity contribution in [3.05, 3.63) is 100.0 Å². The summed E-state index contributed by atoms with van der Waals surface area (Å²) in [5.74, 6) is 0.245. The highest BCUT2D eigenvalue weighted by Gasteiger charge is 2.16. The fourth-order valence-electron chi connectivity index (χ4n) is 3.34. The Kier molecular flexibility index (Phi) is 5.80. The standard InChI is InChI=1S/C25H23N3O3/c1-3-28-15-22(23(29)21-14-9-17(2)26-24(21)28)25(30)27-19-10-12-20(13-11-19)31-16-18-7-5-4-6-8-18/h4-15H,3,16H2,1-2H3,(H,27,30). The van der Waals surface area contributed by atoms with Crippen molar-refractivity contribution in [2.24, 2.45) is 0 Å². The molecule has 2 heterocycles. The third-order valence-electron chi connectivity index (χ3n) is 5.01. The van der Waals surface area contributed by atoms with Gasteiger partial charge in [-0.2, -0.15) is 0 Å². The number of ether oxygens (including phenoxy) is 1. The van der Waals surface area contributed by atoms with Crippen LogP contribution in [-0.2, 0) is 13.2 Å². The Balaban J connectivity index is 1.51. The van der Waals surface area contributed by atoms with E-state index in [9.17, 15) is 9.59 Å². The summed E-state index contributed by atoms with van der Waals surface area (Å²) in [4.78, 5) is 30.2. The van der Waals surface area contributed by atoms with E-state index in [0.29, 0.717) is 35.6 Å². The second-order valence-corrected chi connectivity index (χ2v) is 7.23. The molecule has 0 fully saturated rings. The van der Waals surface area contributed by atoms with E-state index in [4.69, 9.17) is 4.74 Å². The minimum Gasteiger partial charge on any atom is -0.489 e. The Labute approximate surface area is 180 Å². The molecule has 0 aliphatic rings. The number of benzene rings is 2. The molecular formula is C25H23N3O3. The quantitative estimate of drug-likeness (QED) is 0.503. The molecule has 0 saturated carbocycles. The van der Waals surface area contributed by atoms with E-state index >= 15 is 0 Å². The number of hydrogen-bond acceptors (Lipinski definition) is 4. The minimum atomic E-state index is -0.451. The van der Waals surface area contributed by atoms with Crippen LogP contribution in [0.1, 0.15) is 28.5 Å². The maximum Gasteiger partial charge on any atom is 0.261 e. The highest BCUT2D eigenvalue weighted by molar-refractivity contribution is 6.05. The molecule has 6 nitrogen and oxygen atoms in total. The van der Waals surface area contributed by atoms with Crippen LogP contribution >= 0.6 is 0 Å². The summed E-state index contributed by atoms with van der Waals surface area (Å²) >= 11 is 0. The van der Waals surface area contributed by atoms with Gasteiger partial charge in [0.05, 0.1) is 5.39 Å². The molecule has 156 valence electrons. The first-order chi connectivity index (χ1) is 15.0. The average molecular weight is 413 g/mol. The SMILES string of the molecule is CCn1cc(C(=O)Nc2ccc(OCc3ccccc3)cc2)c(=O)c2ccc(C)nc21. The number of hydrogen-bond donors (Lipinski definition) is 1. The Morgan fingerprint density at radius 1 is 1.03 bits per heavy atom. The van der Waals surface area contributed by atoms with E-state index in [1.54, 1.807) is 42.6 Å². The molecule has 0 saturated heterocycles.